The molecule has 0 saturated heterocycles. The van der Waals surface area contributed by atoms with E-state index < -0.39 is 0 Å². The Morgan fingerprint density at radius 3 is 2.47 bits per heavy atom. The number of nitrogens with one attached hydrogen (secondary N) is 1. The number of methoxy groups -OCH3 is 1. The van der Waals surface area contributed by atoms with Gasteiger partial charge in [0.05, 0.1) is 13.0 Å². The Morgan fingerprint density at radius 1 is 1.06 bits per heavy atom. The predicted molar refractivity (Wildman–Crippen MR) is 132 cm³/mol. The van der Waals surface area contributed by atoms with Crippen LogP contribution in [0.5, 0.6) is 0 Å². The number of benzene rings is 3. The van der Waals surface area contributed by atoms with Gasteiger partial charge in [-0.15, -0.1) is 0 Å². The van der Waals surface area contributed by atoms with Gasteiger partial charge in [0.15, 0.2) is 0 Å². The minimum atomic E-state index is -0.336. The Morgan fingerprint density at radius 2 is 1.79 bits per heavy atom. The molecule has 0 spiro atoms. The van der Waals surface area contributed by atoms with E-state index in [1.807, 2.05) is 49.4 Å². The zero-order chi connectivity index (χ0) is 24.2. The van der Waals surface area contributed by atoms with Crippen LogP contribution in [0.4, 0.5) is 5.69 Å². The maximum absolute atomic E-state index is 12.8. The third-order valence-electron chi connectivity index (χ3n) is 6.02. The lowest BCUT2D eigenvalue weighted by Crippen LogP contribution is -2.33. The standard InChI is InChI=1S/C27H25ClN2O4/c1-3-17(27(33)34-2)15-30-16-21-13-19(9-12-24(21)26(30)32)18-7-10-23(11-8-18)29-25(31)20-5-4-6-22(28)14-20/h4-14,17H,3,15-16H2,1-2H3,(H,29,31)/t17-/m0/s1. The summed E-state index contributed by atoms with van der Waals surface area (Å²) < 4.78 is 4.86. The van der Waals surface area contributed by atoms with Crippen molar-refractivity contribution in [1.29, 1.82) is 0 Å². The van der Waals surface area contributed by atoms with E-state index in [1.165, 1.54) is 7.11 Å². The number of carbonyl (C=O) groups is 3. The minimum Gasteiger partial charge on any atom is -0.469 e. The topological polar surface area (TPSA) is 75.7 Å². The molecule has 4 rings (SSSR count). The number of esters is 1. The van der Waals surface area contributed by atoms with Crippen molar-refractivity contribution in [2.45, 2.75) is 19.9 Å². The molecule has 1 N–H and O–H groups in total. The first-order chi connectivity index (χ1) is 16.4. The lowest BCUT2D eigenvalue weighted by Gasteiger charge is -2.20. The van der Waals surface area contributed by atoms with Gasteiger partial charge in [-0.1, -0.05) is 42.8 Å². The van der Waals surface area contributed by atoms with Gasteiger partial charge in [0.2, 0.25) is 0 Å². The molecule has 1 atom stereocenters. The molecule has 7 heteroatoms. The predicted octanol–water partition coefficient (Wildman–Crippen LogP) is 5.41. The van der Waals surface area contributed by atoms with E-state index in [-0.39, 0.29) is 23.7 Å². The summed E-state index contributed by atoms with van der Waals surface area (Å²) in [5.41, 5.74) is 4.69. The molecule has 3 aromatic rings. The minimum absolute atomic E-state index is 0.0667. The quantitative estimate of drug-likeness (QED) is 0.462. The third kappa shape index (κ3) is 4.97. The van der Waals surface area contributed by atoms with Gasteiger partial charge in [-0.05, 0) is 65.6 Å². The van der Waals surface area contributed by atoms with Gasteiger partial charge in [0, 0.05) is 34.9 Å². The van der Waals surface area contributed by atoms with E-state index in [1.54, 1.807) is 29.2 Å². The van der Waals surface area contributed by atoms with Crippen LogP contribution in [0.25, 0.3) is 11.1 Å². The Bertz CT molecular complexity index is 1240. The summed E-state index contributed by atoms with van der Waals surface area (Å²) in [5.74, 6) is -0.932. The zero-order valence-corrected chi connectivity index (χ0v) is 19.8. The van der Waals surface area contributed by atoms with Gasteiger partial charge in [-0.25, -0.2) is 0 Å². The maximum Gasteiger partial charge on any atom is 0.310 e. The second-order valence-corrected chi connectivity index (χ2v) is 8.66. The second kappa shape index (κ2) is 10.1. The molecule has 0 bridgehead atoms. The first-order valence-electron chi connectivity index (χ1n) is 11.1. The van der Waals surface area contributed by atoms with E-state index in [0.717, 1.165) is 16.7 Å². The van der Waals surface area contributed by atoms with Gasteiger partial charge in [0.1, 0.15) is 0 Å². The first-order valence-corrected chi connectivity index (χ1v) is 11.4. The van der Waals surface area contributed by atoms with Gasteiger partial charge in [0.25, 0.3) is 11.8 Å². The van der Waals surface area contributed by atoms with Crippen LogP contribution in [-0.4, -0.2) is 36.3 Å². The Kier molecular flexibility index (Phi) is 6.98. The number of amides is 2. The van der Waals surface area contributed by atoms with E-state index in [2.05, 4.69) is 5.32 Å². The Balaban J connectivity index is 1.46. The largest absolute Gasteiger partial charge is 0.469 e. The normalized spacial score (nSPS) is 13.4. The molecule has 1 aliphatic heterocycles. The summed E-state index contributed by atoms with van der Waals surface area (Å²) in [6.07, 6.45) is 0.609. The molecule has 174 valence electrons. The highest BCUT2D eigenvalue weighted by molar-refractivity contribution is 6.31. The average molecular weight is 477 g/mol. The molecule has 2 amide bonds. The summed E-state index contributed by atoms with van der Waals surface area (Å²) in [5, 5.41) is 3.37. The van der Waals surface area contributed by atoms with Crippen molar-refractivity contribution in [1.82, 2.24) is 4.90 Å². The summed E-state index contributed by atoms with van der Waals surface area (Å²) >= 11 is 5.97. The Hall–Kier alpha value is -3.64. The van der Waals surface area contributed by atoms with Crippen molar-refractivity contribution in [3.8, 4) is 11.1 Å². The van der Waals surface area contributed by atoms with Crippen molar-refractivity contribution >= 4 is 35.1 Å². The fourth-order valence-corrected chi connectivity index (χ4v) is 4.28. The number of hydrogen-bond acceptors (Lipinski definition) is 4. The molecule has 0 fully saturated rings. The molecule has 0 radical (unpaired) electrons. The SMILES string of the molecule is CC[C@@H](CN1Cc2cc(-c3ccc(NC(=O)c4cccc(Cl)c4)cc3)ccc2C1=O)C(=O)OC. The van der Waals surface area contributed by atoms with Crippen LogP contribution in [0, 0.1) is 5.92 Å². The van der Waals surface area contributed by atoms with Crippen LogP contribution in [0.15, 0.2) is 66.7 Å². The fourth-order valence-electron chi connectivity index (χ4n) is 4.09. The maximum atomic E-state index is 12.8. The van der Waals surface area contributed by atoms with Crippen molar-refractivity contribution in [3.63, 3.8) is 0 Å². The van der Waals surface area contributed by atoms with Crippen molar-refractivity contribution in [3.05, 3.63) is 88.4 Å². The molecule has 0 aliphatic carbocycles. The molecule has 3 aromatic carbocycles. The number of halogens is 1. The summed E-state index contributed by atoms with van der Waals surface area (Å²) in [6.45, 7) is 2.71. The van der Waals surface area contributed by atoms with Gasteiger partial charge >= 0.3 is 5.97 Å². The lowest BCUT2D eigenvalue weighted by atomic mass is 10.0. The molecular formula is C27H25ClN2O4. The molecule has 0 unspecified atom stereocenters. The molecule has 0 saturated carbocycles. The number of fused-ring (bicyclic) bond motifs is 1. The number of nitrogens with zero attached hydrogens (tertiary/aromatic N) is 1. The number of ether oxygens (including phenoxy) is 1. The summed E-state index contributed by atoms with van der Waals surface area (Å²) in [4.78, 5) is 38.9. The highest BCUT2D eigenvalue weighted by Crippen LogP contribution is 2.30. The van der Waals surface area contributed by atoms with Gasteiger partial charge < -0.3 is 15.0 Å². The van der Waals surface area contributed by atoms with E-state index in [4.69, 9.17) is 16.3 Å². The summed E-state index contributed by atoms with van der Waals surface area (Å²) in [6, 6.07) is 20.1. The van der Waals surface area contributed by atoms with Crippen LogP contribution in [-0.2, 0) is 16.1 Å². The van der Waals surface area contributed by atoms with Gasteiger partial charge in [-0.3, -0.25) is 14.4 Å². The van der Waals surface area contributed by atoms with Gasteiger partial charge in [-0.2, -0.15) is 0 Å². The van der Waals surface area contributed by atoms with Crippen molar-refractivity contribution in [2.75, 3.05) is 19.0 Å². The molecule has 6 nitrogen and oxygen atoms in total. The van der Waals surface area contributed by atoms with Crippen LogP contribution < -0.4 is 5.32 Å². The van der Waals surface area contributed by atoms with E-state index in [0.29, 0.717) is 41.3 Å². The smallest absolute Gasteiger partial charge is 0.310 e. The highest BCUT2D eigenvalue weighted by Gasteiger charge is 2.31. The summed E-state index contributed by atoms with van der Waals surface area (Å²) in [7, 11) is 1.37. The second-order valence-electron chi connectivity index (χ2n) is 8.23. The van der Waals surface area contributed by atoms with E-state index >= 15 is 0 Å². The zero-order valence-electron chi connectivity index (χ0n) is 19.0. The number of hydrogen-bond donors (Lipinski definition) is 1. The molecular weight excluding hydrogens is 452 g/mol. The average Bonchev–Trinajstić information content (AvgIpc) is 3.16. The van der Waals surface area contributed by atoms with Crippen molar-refractivity contribution < 1.29 is 19.1 Å². The van der Waals surface area contributed by atoms with Crippen LogP contribution in [0.2, 0.25) is 5.02 Å². The third-order valence-corrected chi connectivity index (χ3v) is 6.25. The Labute approximate surface area is 203 Å². The van der Waals surface area contributed by atoms with Crippen LogP contribution >= 0.6 is 11.6 Å². The number of carbonyl (C=O) groups excluding carboxylic acids is 3. The monoisotopic (exact) mass is 476 g/mol. The molecule has 1 aliphatic rings. The molecule has 1 heterocycles. The first kappa shape index (κ1) is 23.5. The highest BCUT2D eigenvalue weighted by atomic mass is 35.5. The van der Waals surface area contributed by atoms with Crippen LogP contribution in [0.1, 0.15) is 39.6 Å². The fraction of sp³-hybridized carbons (Fsp3) is 0.222. The number of rotatable bonds is 7. The lowest BCUT2D eigenvalue weighted by molar-refractivity contribution is -0.146. The van der Waals surface area contributed by atoms with Crippen molar-refractivity contribution in [2.24, 2.45) is 5.92 Å². The van der Waals surface area contributed by atoms with E-state index in [9.17, 15) is 14.4 Å². The molecule has 0 aromatic heterocycles. The molecule has 34 heavy (non-hydrogen) atoms. The van der Waals surface area contributed by atoms with Crippen LogP contribution in [0.3, 0.4) is 0 Å². The number of anilines is 1.